The van der Waals surface area contributed by atoms with E-state index in [1.807, 2.05) is 56.3 Å². The fourth-order valence-electron chi connectivity index (χ4n) is 2.30. The molecule has 2 rings (SSSR count). The number of halogens is 1. The summed E-state index contributed by atoms with van der Waals surface area (Å²) >= 11 is 5.91. The monoisotopic (exact) mass is 305 g/mol. The minimum absolute atomic E-state index is 0.0601. The fourth-order valence-corrected chi connectivity index (χ4v) is 2.42. The molecule has 0 bridgehead atoms. The van der Waals surface area contributed by atoms with Crippen molar-refractivity contribution in [3.05, 3.63) is 58.6 Å². The lowest BCUT2D eigenvalue weighted by atomic mass is 9.90. The van der Waals surface area contributed by atoms with Crippen molar-refractivity contribution < 1.29 is 9.84 Å². The number of methoxy groups -OCH3 is 1. The molecule has 0 amide bonds. The van der Waals surface area contributed by atoms with E-state index in [2.05, 4.69) is 5.32 Å². The summed E-state index contributed by atoms with van der Waals surface area (Å²) in [7, 11) is 1.63. The lowest BCUT2D eigenvalue weighted by Crippen LogP contribution is -2.36. The van der Waals surface area contributed by atoms with Gasteiger partial charge in [0.05, 0.1) is 19.3 Å². The summed E-state index contributed by atoms with van der Waals surface area (Å²) in [5.74, 6) is 0.749. The molecular formula is C17H20ClNO2. The summed E-state index contributed by atoms with van der Waals surface area (Å²) in [6, 6.07) is 13.3. The van der Waals surface area contributed by atoms with Gasteiger partial charge < -0.3 is 15.2 Å². The molecule has 1 unspecified atom stereocenters. The van der Waals surface area contributed by atoms with Crippen LogP contribution in [-0.2, 0) is 5.54 Å². The van der Waals surface area contributed by atoms with Crippen LogP contribution < -0.4 is 10.1 Å². The average molecular weight is 306 g/mol. The first-order valence-electron chi connectivity index (χ1n) is 6.78. The van der Waals surface area contributed by atoms with Crippen molar-refractivity contribution in [2.75, 3.05) is 19.0 Å². The molecule has 0 aliphatic carbocycles. The first-order chi connectivity index (χ1) is 9.98. The smallest absolute Gasteiger partial charge is 0.124 e. The summed E-state index contributed by atoms with van der Waals surface area (Å²) in [5.41, 5.74) is 2.27. The Morgan fingerprint density at radius 1 is 1.19 bits per heavy atom. The highest BCUT2D eigenvalue weighted by Crippen LogP contribution is 2.33. The van der Waals surface area contributed by atoms with Gasteiger partial charge in [0.15, 0.2) is 0 Å². The highest BCUT2D eigenvalue weighted by Gasteiger charge is 2.29. The predicted octanol–water partition coefficient (Wildman–Crippen LogP) is 3.98. The van der Waals surface area contributed by atoms with E-state index >= 15 is 0 Å². The molecule has 112 valence electrons. The number of hydrogen-bond acceptors (Lipinski definition) is 3. The molecule has 0 radical (unpaired) electrons. The maximum atomic E-state index is 9.92. The number of ether oxygens (including phenoxy) is 1. The normalized spacial score (nSPS) is 13.6. The van der Waals surface area contributed by atoms with Gasteiger partial charge in [-0.25, -0.2) is 0 Å². The lowest BCUT2D eigenvalue weighted by molar-refractivity contribution is 0.220. The Labute approximate surface area is 130 Å². The Morgan fingerprint density at radius 3 is 2.43 bits per heavy atom. The molecule has 21 heavy (non-hydrogen) atoms. The summed E-state index contributed by atoms with van der Waals surface area (Å²) < 4.78 is 5.43. The Bertz CT molecular complexity index is 613. The van der Waals surface area contributed by atoms with Gasteiger partial charge in [0.1, 0.15) is 5.75 Å². The second-order valence-electron chi connectivity index (χ2n) is 5.33. The topological polar surface area (TPSA) is 41.5 Å². The van der Waals surface area contributed by atoms with Crippen LogP contribution in [0.15, 0.2) is 42.5 Å². The molecule has 0 aliphatic heterocycles. The Kier molecular flexibility index (Phi) is 4.76. The third-order valence-corrected chi connectivity index (χ3v) is 3.78. The first-order valence-corrected chi connectivity index (χ1v) is 7.16. The molecular weight excluding hydrogens is 286 g/mol. The second kappa shape index (κ2) is 6.37. The van der Waals surface area contributed by atoms with Gasteiger partial charge in [0, 0.05) is 16.3 Å². The van der Waals surface area contributed by atoms with Crippen molar-refractivity contribution in [3.8, 4) is 5.75 Å². The SMILES string of the molecule is COc1ccc(C)cc1C(C)(CO)Nc1ccc(Cl)cc1. The average Bonchev–Trinajstić information content (AvgIpc) is 2.49. The molecule has 0 saturated carbocycles. The summed E-state index contributed by atoms with van der Waals surface area (Å²) in [5, 5.41) is 14.0. The number of anilines is 1. The molecule has 0 aromatic heterocycles. The third-order valence-electron chi connectivity index (χ3n) is 3.53. The molecule has 3 nitrogen and oxygen atoms in total. The van der Waals surface area contributed by atoms with Gasteiger partial charge in [0.2, 0.25) is 0 Å². The quantitative estimate of drug-likeness (QED) is 0.878. The molecule has 0 aliphatic rings. The first kappa shape index (κ1) is 15.7. The number of aliphatic hydroxyl groups excluding tert-OH is 1. The van der Waals surface area contributed by atoms with Crippen LogP contribution in [0.3, 0.4) is 0 Å². The van der Waals surface area contributed by atoms with E-state index in [9.17, 15) is 5.11 Å². The summed E-state index contributed by atoms with van der Waals surface area (Å²) in [6.45, 7) is 3.90. The predicted molar refractivity (Wildman–Crippen MR) is 87.2 cm³/mol. The van der Waals surface area contributed by atoms with E-state index in [-0.39, 0.29) is 6.61 Å². The Hall–Kier alpha value is -1.71. The van der Waals surface area contributed by atoms with Crippen LogP contribution in [0.25, 0.3) is 0 Å². The molecule has 2 N–H and O–H groups in total. The number of nitrogens with one attached hydrogen (secondary N) is 1. The van der Waals surface area contributed by atoms with Crippen molar-refractivity contribution in [2.45, 2.75) is 19.4 Å². The van der Waals surface area contributed by atoms with E-state index in [1.54, 1.807) is 7.11 Å². The van der Waals surface area contributed by atoms with Crippen LogP contribution in [0, 0.1) is 6.92 Å². The minimum Gasteiger partial charge on any atom is -0.496 e. The molecule has 0 heterocycles. The standard InChI is InChI=1S/C17H20ClNO2/c1-12-4-9-16(21-3)15(10-12)17(2,11-20)19-14-7-5-13(18)6-8-14/h4-10,19-20H,11H2,1-3H3. The van der Waals surface area contributed by atoms with Gasteiger partial charge in [-0.05, 0) is 50.2 Å². The minimum atomic E-state index is -0.648. The van der Waals surface area contributed by atoms with E-state index in [1.165, 1.54) is 0 Å². The van der Waals surface area contributed by atoms with Crippen LogP contribution in [0.2, 0.25) is 5.02 Å². The highest BCUT2D eigenvalue weighted by molar-refractivity contribution is 6.30. The van der Waals surface area contributed by atoms with Gasteiger partial charge in [-0.3, -0.25) is 0 Å². The number of aliphatic hydroxyl groups is 1. The zero-order valence-electron chi connectivity index (χ0n) is 12.5. The molecule has 1 atom stereocenters. The second-order valence-corrected chi connectivity index (χ2v) is 5.76. The van der Waals surface area contributed by atoms with Gasteiger partial charge in [0.25, 0.3) is 0 Å². The van der Waals surface area contributed by atoms with Crippen LogP contribution in [0.1, 0.15) is 18.1 Å². The van der Waals surface area contributed by atoms with Crippen LogP contribution in [0.5, 0.6) is 5.75 Å². The maximum Gasteiger partial charge on any atom is 0.124 e. The highest BCUT2D eigenvalue weighted by atomic mass is 35.5. The third kappa shape index (κ3) is 3.49. The van der Waals surface area contributed by atoms with Crippen molar-refractivity contribution in [2.24, 2.45) is 0 Å². The van der Waals surface area contributed by atoms with E-state index < -0.39 is 5.54 Å². The van der Waals surface area contributed by atoms with Crippen molar-refractivity contribution in [1.82, 2.24) is 0 Å². The van der Waals surface area contributed by atoms with Crippen molar-refractivity contribution in [3.63, 3.8) is 0 Å². The van der Waals surface area contributed by atoms with Gasteiger partial charge in [-0.15, -0.1) is 0 Å². The summed E-state index contributed by atoms with van der Waals surface area (Å²) in [6.07, 6.45) is 0. The molecule has 0 fully saturated rings. The van der Waals surface area contributed by atoms with Crippen LogP contribution in [-0.4, -0.2) is 18.8 Å². The molecule has 2 aromatic carbocycles. The Balaban J connectivity index is 2.40. The van der Waals surface area contributed by atoms with E-state index in [4.69, 9.17) is 16.3 Å². The largest absolute Gasteiger partial charge is 0.496 e. The molecule has 4 heteroatoms. The molecule has 0 spiro atoms. The van der Waals surface area contributed by atoms with E-state index in [0.29, 0.717) is 5.02 Å². The number of rotatable bonds is 5. The van der Waals surface area contributed by atoms with Gasteiger partial charge in [-0.1, -0.05) is 23.2 Å². The number of hydrogen-bond donors (Lipinski definition) is 2. The van der Waals surface area contributed by atoms with Gasteiger partial charge >= 0.3 is 0 Å². The fraction of sp³-hybridized carbons (Fsp3) is 0.294. The van der Waals surface area contributed by atoms with Crippen molar-refractivity contribution >= 4 is 17.3 Å². The molecule has 0 saturated heterocycles. The number of benzene rings is 2. The Morgan fingerprint density at radius 2 is 1.86 bits per heavy atom. The molecule has 2 aromatic rings. The number of aryl methyl sites for hydroxylation is 1. The van der Waals surface area contributed by atoms with Crippen LogP contribution >= 0.6 is 11.6 Å². The van der Waals surface area contributed by atoms with Gasteiger partial charge in [-0.2, -0.15) is 0 Å². The maximum absolute atomic E-state index is 9.92. The lowest BCUT2D eigenvalue weighted by Gasteiger charge is -2.32. The van der Waals surface area contributed by atoms with Crippen molar-refractivity contribution in [1.29, 1.82) is 0 Å². The summed E-state index contributed by atoms with van der Waals surface area (Å²) in [4.78, 5) is 0. The van der Waals surface area contributed by atoms with Crippen LogP contribution in [0.4, 0.5) is 5.69 Å². The zero-order valence-corrected chi connectivity index (χ0v) is 13.2. The zero-order chi connectivity index (χ0) is 15.5. The van der Waals surface area contributed by atoms with E-state index in [0.717, 1.165) is 22.6 Å².